The topological polar surface area (TPSA) is 151 Å². The molecule has 27 heavy (non-hydrogen) atoms. The Morgan fingerprint density at radius 1 is 0.963 bits per heavy atom. The zero-order chi connectivity index (χ0) is 21.1. The molecule has 0 aliphatic carbocycles. The molecule has 0 bridgehead atoms. The summed E-state index contributed by atoms with van der Waals surface area (Å²) in [5.74, 6) is -2.60. The van der Waals surface area contributed by atoms with Crippen molar-refractivity contribution in [2.45, 2.75) is 72.0 Å². The van der Waals surface area contributed by atoms with Crippen molar-refractivity contribution in [2.24, 2.45) is 17.6 Å². The summed E-state index contributed by atoms with van der Waals surface area (Å²) in [6.45, 7) is 9.06. The Balaban J connectivity index is 4.96. The summed E-state index contributed by atoms with van der Waals surface area (Å²) < 4.78 is 0. The van der Waals surface area contributed by atoms with Gasteiger partial charge in [-0.1, -0.05) is 34.1 Å². The van der Waals surface area contributed by atoms with Gasteiger partial charge in [0.25, 0.3) is 0 Å². The van der Waals surface area contributed by atoms with E-state index in [0.29, 0.717) is 6.42 Å². The van der Waals surface area contributed by atoms with Crippen molar-refractivity contribution < 1.29 is 24.3 Å². The van der Waals surface area contributed by atoms with Gasteiger partial charge in [0.2, 0.25) is 17.7 Å². The maximum absolute atomic E-state index is 12.5. The average molecular weight is 386 g/mol. The monoisotopic (exact) mass is 386 g/mol. The van der Waals surface area contributed by atoms with Crippen molar-refractivity contribution >= 4 is 23.7 Å². The number of nitrogens with one attached hydrogen (secondary N) is 3. The minimum absolute atomic E-state index is 0.0869. The molecule has 4 atom stereocenters. The molecule has 0 aromatic carbocycles. The molecule has 0 fully saturated rings. The van der Waals surface area contributed by atoms with Crippen molar-refractivity contribution in [1.82, 2.24) is 16.0 Å². The van der Waals surface area contributed by atoms with Gasteiger partial charge in [-0.25, -0.2) is 4.79 Å². The highest BCUT2D eigenvalue weighted by molar-refractivity contribution is 5.93. The fraction of sp³-hybridized carbons (Fsp3) is 0.778. The van der Waals surface area contributed by atoms with Crippen LogP contribution in [0.1, 0.15) is 53.9 Å². The Morgan fingerprint density at radius 2 is 1.56 bits per heavy atom. The standard InChI is InChI=1S/C18H34N4O5/c1-6-11(4)15(22-14(23)7-8-19)17(25)20-12(5)16(24)21-13(18(26)27)9-10(2)3/h10-13,15H,6-9,19H2,1-5H3,(H,20,25)(H,21,24)(H,22,23)(H,26,27). The summed E-state index contributed by atoms with van der Waals surface area (Å²) in [7, 11) is 0. The quantitative estimate of drug-likeness (QED) is 0.318. The molecule has 9 nitrogen and oxygen atoms in total. The van der Waals surface area contributed by atoms with Gasteiger partial charge in [-0.05, 0) is 25.2 Å². The van der Waals surface area contributed by atoms with Crippen LogP contribution >= 0.6 is 0 Å². The largest absolute Gasteiger partial charge is 0.480 e. The van der Waals surface area contributed by atoms with Crippen LogP contribution in [-0.4, -0.2) is 53.5 Å². The molecule has 4 unspecified atom stereocenters. The number of carboxylic acid groups (broad SMARTS) is 1. The molecule has 3 amide bonds. The van der Waals surface area contributed by atoms with Gasteiger partial charge in [0.05, 0.1) is 0 Å². The molecule has 0 radical (unpaired) electrons. The number of carbonyl (C=O) groups is 4. The Bertz CT molecular complexity index is 524. The molecule has 0 saturated carbocycles. The Kier molecular flexibility index (Phi) is 11.3. The molecular weight excluding hydrogens is 352 g/mol. The number of hydrogen-bond acceptors (Lipinski definition) is 5. The number of amides is 3. The Morgan fingerprint density at radius 3 is 2.00 bits per heavy atom. The van der Waals surface area contributed by atoms with E-state index >= 15 is 0 Å². The van der Waals surface area contributed by atoms with E-state index in [4.69, 9.17) is 5.73 Å². The first-order valence-electron chi connectivity index (χ1n) is 9.36. The van der Waals surface area contributed by atoms with Crippen LogP contribution in [0.25, 0.3) is 0 Å². The highest BCUT2D eigenvalue weighted by Crippen LogP contribution is 2.09. The molecule has 0 aromatic rings. The van der Waals surface area contributed by atoms with Gasteiger partial charge in [0.1, 0.15) is 18.1 Å². The van der Waals surface area contributed by atoms with E-state index in [2.05, 4.69) is 16.0 Å². The molecule has 9 heteroatoms. The van der Waals surface area contributed by atoms with Gasteiger partial charge in [-0.15, -0.1) is 0 Å². The fourth-order valence-electron chi connectivity index (χ4n) is 2.44. The first kappa shape index (κ1) is 24.8. The zero-order valence-corrected chi connectivity index (χ0v) is 16.9. The third-order valence-corrected chi connectivity index (χ3v) is 4.26. The van der Waals surface area contributed by atoms with Gasteiger partial charge in [-0.2, -0.15) is 0 Å². The lowest BCUT2D eigenvalue weighted by Crippen LogP contribution is -2.56. The SMILES string of the molecule is CCC(C)C(NC(=O)CCN)C(=O)NC(C)C(=O)NC(CC(C)C)C(=O)O. The number of rotatable bonds is 12. The van der Waals surface area contributed by atoms with Crippen LogP contribution in [-0.2, 0) is 19.2 Å². The molecule has 0 heterocycles. The second-order valence-corrected chi connectivity index (χ2v) is 7.23. The van der Waals surface area contributed by atoms with Crippen LogP contribution in [0.4, 0.5) is 0 Å². The maximum atomic E-state index is 12.5. The first-order chi connectivity index (χ1) is 12.5. The highest BCUT2D eigenvalue weighted by Gasteiger charge is 2.29. The molecule has 0 aliphatic rings. The third-order valence-electron chi connectivity index (χ3n) is 4.26. The van der Waals surface area contributed by atoms with Gasteiger partial charge >= 0.3 is 5.97 Å². The second-order valence-electron chi connectivity index (χ2n) is 7.23. The summed E-state index contributed by atoms with van der Waals surface area (Å²) in [5.41, 5.74) is 5.35. The summed E-state index contributed by atoms with van der Waals surface area (Å²) in [4.78, 5) is 47.9. The minimum atomic E-state index is -1.12. The molecule has 0 aromatic heterocycles. The lowest BCUT2D eigenvalue weighted by molar-refractivity contribution is -0.142. The van der Waals surface area contributed by atoms with Gasteiger partial charge in [0.15, 0.2) is 0 Å². The predicted molar refractivity (Wildman–Crippen MR) is 102 cm³/mol. The Labute approximate surface area is 160 Å². The number of hydrogen-bond donors (Lipinski definition) is 5. The maximum Gasteiger partial charge on any atom is 0.326 e. The summed E-state index contributed by atoms with van der Waals surface area (Å²) in [6.07, 6.45) is 1.04. The molecule has 6 N–H and O–H groups in total. The van der Waals surface area contributed by atoms with Gasteiger partial charge < -0.3 is 26.8 Å². The van der Waals surface area contributed by atoms with Crippen LogP contribution in [0.3, 0.4) is 0 Å². The van der Waals surface area contributed by atoms with Crippen LogP contribution < -0.4 is 21.7 Å². The van der Waals surface area contributed by atoms with Gasteiger partial charge in [-0.3, -0.25) is 14.4 Å². The van der Waals surface area contributed by atoms with Gasteiger partial charge in [0, 0.05) is 13.0 Å². The molecule has 156 valence electrons. The first-order valence-corrected chi connectivity index (χ1v) is 9.36. The highest BCUT2D eigenvalue weighted by atomic mass is 16.4. The smallest absolute Gasteiger partial charge is 0.326 e. The summed E-state index contributed by atoms with van der Waals surface area (Å²) in [6, 6.07) is -2.76. The number of nitrogens with two attached hydrogens (primary N) is 1. The zero-order valence-electron chi connectivity index (χ0n) is 16.9. The van der Waals surface area contributed by atoms with E-state index in [-0.39, 0.29) is 37.1 Å². The summed E-state index contributed by atoms with van der Waals surface area (Å²) >= 11 is 0. The van der Waals surface area contributed by atoms with E-state index in [9.17, 15) is 24.3 Å². The number of aliphatic carboxylic acids is 1. The van der Waals surface area contributed by atoms with E-state index in [1.165, 1.54) is 6.92 Å². The van der Waals surface area contributed by atoms with E-state index in [1.807, 2.05) is 27.7 Å². The minimum Gasteiger partial charge on any atom is -0.480 e. The Hall–Kier alpha value is -2.16. The van der Waals surface area contributed by atoms with Crippen LogP contribution in [0.2, 0.25) is 0 Å². The van der Waals surface area contributed by atoms with E-state index in [1.54, 1.807) is 0 Å². The third kappa shape index (κ3) is 9.37. The van der Waals surface area contributed by atoms with Crippen molar-refractivity contribution in [1.29, 1.82) is 0 Å². The lowest BCUT2D eigenvalue weighted by atomic mass is 9.97. The molecule has 0 saturated heterocycles. The molecule has 0 spiro atoms. The fourth-order valence-corrected chi connectivity index (χ4v) is 2.44. The predicted octanol–water partition coefficient (Wildman–Crippen LogP) is -0.0137. The average Bonchev–Trinajstić information content (AvgIpc) is 2.57. The van der Waals surface area contributed by atoms with Crippen LogP contribution in [0, 0.1) is 11.8 Å². The van der Waals surface area contributed by atoms with Crippen molar-refractivity contribution in [3.63, 3.8) is 0 Å². The van der Waals surface area contributed by atoms with Crippen LogP contribution in [0.15, 0.2) is 0 Å². The molecule has 0 rings (SSSR count). The van der Waals surface area contributed by atoms with Crippen LogP contribution in [0.5, 0.6) is 0 Å². The van der Waals surface area contributed by atoms with E-state index < -0.39 is 35.9 Å². The van der Waals surface area contributed by atoms with Crippen molar-refractivity contribution in [3.8, 4) is 0 Å². The second kappa shape index (κ2) is 12.3. The van der Waals surface area contributed by atoms with E-state index in [0.717, 1.165) is 0 Å². The number of carbonyl (C=O) groups excluding carboxylic acids is 3. The number of carboxylic acids is 1. The van der Waals surface area contributed by atoms with Crippen molar-refractivity contribution in [2.75, 3.05) is 6.54 Å². The molecule has 0 aliphatic heterocycles. The molecular formula is C18H34N4O5. The van der Waals surface area contributed by atoms with Crippen molar-refractivity contribution in [3.05, 3.63) is 0 Å². The lowest BCUT2D eigenvalue weighted by Gasteiger charge is -2.26. The summed E-state index contributed by atoms with van der Waals surface area (Å²) in [5, 5.41) is 16.8. The normalized spacial score (nSPS) is 15.4.